The third kappa shape index (κ3) is 3.95. The Balaban J connectivity index is 1.55. The topological polar surface area (TPSA) is 89.3 Å². The number of nitrogens with one attached hydrogen (secondary N) is 2. The average molecular weight is 389 g/mol. The number of hydrogen-bond donors (Lipinski definition) is 2. The van der Waals surface area contributed by atoms with Crippen LogP contribution < -0.4 is 11.2 Å². The number of nitrogens with zero attached hydrogens (tertiary/aromatic N) is 2. The molecular formula is C21H32N4O3. The Kier molecular flexibility index (Phi) is 5.45. The van der Waals surface area contributed by atoms with Crippen molar-refractivity contribution in [1.29, 1.82) is 0 Å². The van der Waals surface area contributed by atoms with Gasteiger partial charge in [-0.15, -0.1) is 0 Å². The number of likely N-dealkylation sites (tertiary alicyclic amines) is 1. The summed E-state index contributed by atoms with van der Waals surface area (Å²) in [5, 5.41) is 0. The lowest BCUT2D eigenvalue weighted by Gasteiger charge is -2.57. The third-order valence-electron chi connectivity index (χ3n) is 6.82. The molecule has 4 rings (SSSR count). The highest BCUT2D eigenvalue weighted by Gasteiger charge is 2.48. The van der Waals surface area contributed by atoms with Crippen LogP contribution in [0.4, 0.5) is 0 Å². The molecule has 0 spiro atoms. The molecule has 7 nitrogen and oxygen atoms in total. The quantitative estimate of drug-likeness (QED) is 0.803. The predicted molar refractivity (Wildman–Crippen MR) is 107 cm³/mol. The molecule has 3 aliphatic rings. The predicted octanol–water partition coefficient (Wildman–Crippen LogP) is 1.70. The Morgan fingerprint density at radius 2 is 1.93 bits per heavy atom. The summed E-state index contributed by atoms with van der Waals surface area (Å²) in [5.74, 6) is 1.96. The number of aromatic amines is 2. The SMILES string of the molecule is CC(C)CC[C@H]1[C@H]2C[C@H](CN(Cc3cc(=O)[nH]c(=O)[nH]3)C2)[C@@H]2CCCC(=O)N21. The maximum Gasteiger partial charge on any atom is 0.325 e. The van der Waals surface area contributed by atoms with E-state index < -0.39 is 5.69 Å². The molecule has 1 aromatic rings. The van der Waals surface area contributed by atoms with Gasteiger partial charge < -0.3 is 9.88 Å². The normalized spacial score (nSPS) is 30.5. The Bertz CT molecular complexity index is 801. The van der Waals surface area contributed by atoms with Gasteiger partial charge in [0.05, 0.1) is 0 Å². The van der Waals surface area contributed by atoms with Gasteiger partial charge in [-0.05, 0) is 49.9 Å². The van der Waals surface area contributed by atoms with Crippen LogP contribution in [-0.4, -0.2) is 50.8 Å². The Labute approximate surface area is 165 Å². The molecule has 3 fully saturated rings. The summed E-state index contributed by atoms with van der Waals surface area (Å²) < 4.78 is 0. The van der Waals surface area contributed by atoms with Crippen LogP contribution in [0.3, 0.4) is 0 Å². The molecule has 7 heteroatoms. The van der Waals surface area contributed by atoms with Crippen molar-refractivity contribution in [2.75, 3.05) is 13.1 Å². The molecule has 154 valence electrons. The summed E-state index contributed by atoms with van der Waals surface area (Å²) in [5.41, 5.74) is -0.127. The molecule has 4 atom stereocenters. The fourth-order valence-corrected chi connectivity index (χ4v) is 5.72. The van der Waals surface area contributed by atoms with E-state index in [0.29, 0.717) is 54.4 Å². The average Bonchev–Trinajstić information content (AvgIpc) is 2.61. The molecule has 28 heavy (non-hydrogen) atoms. The van der Waals surface area contributed by atoms with E-state index in [4.69, 9.17) is 0 Å². The maximum atomic E-state index is 12.8. The number of carbonyl (C=O) groups excluding carboxylic acids is 1. The molecule has 1 amide bonds. The summed E-state index contributed by atoms with van der Waals surface area (Å²) in [6.45, 7) is 6.93. The second-order valence-electron chi connectivity index (χ2n) is 9.36. The first-order chi connectivity index (χ1) is 13.4. The van der Waals surface area contributed by atoms with Gasteiger partial charge in [-0.3, -0.25) is 19.5 Å². The highest BCUT2D eigenvalue weighted by atomic mass is 16.2. The number of hydrogen-bond acceptors (Lipinski definition) is 4. The third-order valence-corrected chi connectivity index (χ3v) is 6.82. The van der Waals surface area contributed by atoms with Crippen molar-refractivity contribution < 1.29 is 4.79 Å². The van der Waals surface area contributed by atoms with Crippen LogP contribution in [0.25, 0.3) is 0 Å². The number of H-pyrrole nitrogens is 2. The van der Waals surface area contributed by atoms with Crippen LogP contribution in [0.15, 0.2) is 15.7 Å². The van der Waals surface area contributed by atoms with Gasteiger partial charge in [0.2, 0.25) is 5.91 Å². The summed E-state index contributed by atoms with van der Waals surface area (Å²) in [6, 6.07) is 2.17. The molecule has 0 saturated carbocycles. The minimum Gasteiger partial charge on any atom is -0.336 e. The van der Waals surface area contributed by atoms with Crippen molar-refractivity contribution in [2.45, 2.75) is 71.0 Å². The number of amides is 1. The van der Waals surface area contributed by atoms with Gasteiger partial charge in [0, 0.05) is 49.9 Å². The van der Waals surface area contributed by atoms with Crippen LogP contribution >= 0.6 is 0 Å². The zero-order valence-electron chi connectivity index (χ0n) is 16.9. The molecular weight excluding hydrogens is 356 g/mol. The van der Waals surface area contributed by atoms with Crippen molar-refractivity contribution in [3.63, 3.8) is 0 Å². The summed E-state index contributed by atoms with van der Waals surface area (Å²) in [7, 11) is 0. The number of piperidine rings is 3. The number of aromatic nitrogens is 2. The summed E-state index contributed by atoms with van der Waals surface area (Å²) >= 11 is 0. The molecule has 0 aromatic carbocycles. The second kappa shape index (κ2) is 7.85. The van der Waals surface area contributed by atoms with Crippen LogP contribution in [0, 0.1) is 17.8 Å². The van der Waals surface area contributed by atoms with E-state index >= 15 is 0 Å². The largest absolute Gasteiger partial charge is 0.336 e. The van der Waals surface area contributed by atoms with E-state index in [1.165, 1.54) is 12.5 Å². The second-order valence-corrected chi connectivity index (χ2v) is 9.36. The zero-order valence-corrected chi connectivity index (χ0v) is 16.9. The van der Waals surface area contributed by atoms with Crippen molar-refractivity contribution >= 4 is 5.91 Å². The van der Waals surface area contributed by atoms with Crippen molar-refractivity contribution in [3.05, 3.63) is 32.6 Å². The smallest absolute Gasteiger partial charge is 0.325 e. The molecule has 0 aliphatic carbocycles. The first-order valence-corrected chi connectivity index (χ1v) is 10.8. The number of rotatable bonds is 5. The van der Waals surface area contributed by atoms with Gasteiger partial charge >= 0.3 is 5.69 Å². The standard InChI is InChI=1S/C21H32N4O3/c1-13(2)6-7-18-15-8-14(17-4-3-5-20(27)25(17)18)10-24(11-15)12-16-9-19(26)23-21(28)22-16/h9,13-15,17-18H,3-8,10-12H2,1-2H3,(H2,22,23,26,28)/t14-,15+,17+,18+/m1/s1. The van der Waals surface area contributed by atoms with Crippen molar-refractivity contribution in [1.82, 2.24) is 19.8 Å². The van der Waals surface area contributed by atoms with E-state index in [-0.39, 0.29) is 5.56 Å². The van der Waals surface area contributed by atoms with Crippen LogP contribution in [0.5, 0.6) is 0 Å². The lowest BCUT2D eigenvalue weighted by Crippen LogP contribution is -2.64. The van der Waals surface area contributed by atoms with Gasteiger partial charge in [0.25, 0.3) is 5.56 Å². The van der Waals surface area contributed by atoms with Gasteiger partial charge in [0.1, 0.15) is 0 Å². The Hall–Kier alpha value is -1.89. The molecule has 2 N–H and O–H groups in total. The van der Waals surface area contributed by atoms with Crippen LogP contribution in [0.1, 0.15) is 58.1 Å². The van der Waals surface area contributed by atoms with Crippen LogP contribution in [-0.2, 0) is 11.3 Å². The van der Waals surface area contributed by atoms with Crippen LogP contribution in [0.2, 0.25) is 0 Å². The molecule has 2 bridgehead atoms. The van der Waals surface area contributed by atoms with Gasteiger partial charge in [-0.1, -0.05) is 13.8 Å². The van der Waals surface area contributed by atoms with E-state index in [1.54, 1.807) is 0 Å². The Morgan fingerprint density at radius 3 is 2.68 bits per heavy atom. The minimum absolute atomic E-state index is 0.331. The lowest BCUT2D eigenvalue weighted by atomic mass is 9.70. The molecule has 0 unspecified atom stereocenters. The van der Waals surface area contributed by atoms with E-state index in [0.717, 1.165) is 38.8 Å². The van der Waals surface area contributed by atoms with E-state index in [2.05, 4.69) is 33.6 Å². The van der Waals surface area contributed by atoms with E-state index in [9.17, 15) is 14.4 Å². The number of carbonyl (C=O) groups is 1. The molecule has 0 radical (unpaired) electrons. The molecule has 3 saturated heterocycles. The monoisotopic (exact) mass is 388 g/mol. The zero-order chi connectivity index (χ0) is 19.8. The molecule has 1 aromatic heterocycles. The fraction of sp³-hybridized carbons (Fsp3) is 0.762. The van der Waals surface area contributed by atoms with E-state index in [1.807, 2.05) is 0 Å². The number of fused-ring (bicyclic) bond motifs is 4. The van der Waals surface area contributed by atoms with Gasteiger partial charge in [-0.2, -0.15) is 0 Å². The first kappa shape index (κ1) is 19.4. The van der Waals surface area contributed by atoms with Crippen molar-refractivity contribution in [2.24, 2.45) is 17.8 Å². The highest BCUT2D eigenvalue weighted by molar-refractivity contribution is 5.78. The first-order valence-electron chi connectivity index (χ1n) is 10.8. The fourth-order valence-electron chi connectivity index (χ4n) is 5.72. The van der Waals surface area contributed by atoms with Gasteiger partial charge in [-0.25, -0.2) is 4.79 Å². The Morgan fingerprint density at radius 1 is 1.14 bits per heavy atom. The maximum absolute atomic E-state index is 12.8. The summed E-state index contributed by atoms with van der Waals surface area (Å²) in [6.07, 6.45) is 6.22. The minimum atomic E-state index is -0.446. The van der Waals surface area contributed by atoms with Gasteiger partial charge in [0.15, 0.2) is 0 Å². The highest BCUT2D eigenvalue weighted by Crippen LogP contribution is 2.43. The lowest BCUT2D eigenvalue weighted by molar-refractivity contribution is -0.153. The molecule has 3 aliphatic heterocycles. The molecule has 4 heterocycles. The van der Waals surface area contributed by atoms with Crippen molar-refractivity contribution in [3.8, 4) is 0 Å². The summed E-state index contributed by atoms with van der Waals surface area (Å²) in [4.78, 5) is 45.7.